The van der Waals surface area contributed by atoms with Crippen molar-refractivity contribution in [1.82, 2.24) is 9.80 Å². The molecule has 1 aromatic rings. The first-order valence-electron chi connectivity index (χ1n) is 8.32. The average Bonchev–Trinajstić information content (AvgIpc) is 3.15. The molecule has 4 nitrogen and oxygen atoms in total. The predicted octanol–water partition coefficient (Wildman–Crippen LogP) is 2.72. The Kier molecular flexibility index (Phi) is 5.19. The van der Waals surface area contributed by atoms with E-state index in [4.69, 9.17) is 4.74 Å². The van der Waals surface area contributed by atoms with Crippen LogP contribution in [0.15, 0.2) is 23.6 Å². The molecule has 1 atom stereocenters. The van der Waals surface area contributed by atoms with Crippen molar-refractivity contribution >= 4 is 23.3 Å². The maximum atomic E-state index is 12.3. The van der Waals surface area contributed by atoms with Gasteiger partial charge in [0.15, 0.2) is 0 Å². The number of likely N-dealkylation sites (N-methyl/N-ethyl adjacent to an activating group) is 1. The minimum atomic E-state index is 0.146. The Morgan fingerprint density at radius 2 is 2.26 bits per heavy atom. The summed E-state index contributed by atoms with van der Waals surface area (Å²) in [6.45, 7) is 3.70. The van der Waals surface area contributed by atoms with E-state index in [1.54, 1.807) is 24.5 Å². The van der Waals surface area contributed by atoms with Crippen LogP contribution in [0.25, 0.3) is 6.08 Å². The van der Waals surface area contributed by atoms with Crippen LogP contribution in [0.1, 0.15) is 24.1 Å². The first kappa shape index (κ1) is 16.7. The highest BCUT2D eigenvalue weighted by Gasteiger charge is 2.44. The number of carbonyl (C=O) groups is 1. The summed E-state index contributed by atoms with van der Waals surface area (Å²) in [6, 6.07) is 4.57. The van der Waals surface area contributed by atoms with E-state index in [1.807, 2.05) is 28.5 Å². The largest absolute Gasteiger partial charge is 0.383 e. The highest BCUT2D eigenvalue weighted by atomic mass is 32.1. The molecule has 0 N–H and O–H groups in total. The van der Waals surface area contributed by atoms with Gasteiger partial charge in [0.1, 0.15) is 0 Å². The van der Waals surface area contributed by atoms with Crippen molar-refractivity contribution < 1.29 is 9.53 Å². The first-order chi connectivity index (χ1) is 11.1. The van der Waals surface area contributed by atoms with Gasteiger partial charge in [-0.3, -0.25) is 4.79 Å². The van der Waals surface area contributed by atoms with Gasteiger partial charge < -0.3 is 14.5 Å². The number of amides is 1. The number of piperidine rings is 1. The number of rotatable bonds is 4. The van der Waals surface area contributed by atoms with Gasteiger partial charge >= 0.3 is 0 Å². The summed E-state index contributed by atoms with van der Waals surface area (Å²) in [5, 5.41) is 2.03. The fraction of sp³-hybridized carbons (Fsp3) is 0.611. The van der Waals surface area contributed by atoms with Crippen molar-refractivity contribution in [3.05, 3.63) is 28.5 Å². The van der Waals surface area contributed by atoms with Crippen LogP contribution in [0.3, 0.4) is 0 Å². The Morgan fingerprint density at radius 1 is 1.48 bits per heavy atom. The van der Waals surface area contributed by atoms with E-state index >= 15 is 0 Å². The van der Waals surface area contributed by atoms with Gasteiger partial charge in [-0.15, -0.1) is 11.3 Å². The number of hydrogen-bond acceptors (Lipinski definition) is 4. The van der Waals surface area contributed by atoms with Crippen molar-refractivity contribution in [3.8, 4) is 0 Å². The third kappa shape index (κ3) is 3.84. The van der Waals surface area contributed by atoms with Gasteiger partial charge in [-0.05, 0) is 49.2 Å². The van der Waals surface area contributed by atoms with Crippen LogP contribution in [0, 0.1) is 5.41 Å². The summed E-state index contributed by atoms with van der Waals surface area (Å²) in [5.41, 5.74) is 0.381. The number of nitrogens with zero attached hydrogens (tertiary/aromatic N) is 2. The Morgan fingerprint density at radius 3 is 2.91 bits per heavy atom. The minimum Gasteiger partial charge on any atom is -0.383 e. The third-order valence-corrected chi connectivity index (χ3v) is 6.14. The Hall–Kier alpha value is -1.17. The molecule has 0 aliphatic carbocycles. The highest BCUT2D eigenvalue weighted by molar-refractivity contribution is 7.10. The Bertz CT molecular complexity index is 547. The van der Waals surface area contributed by atoms with Crippen molar-refractivity contribution in [2.45, 2.75) is 25.3 Å². The number of carbonyl (C=O) groups excluding carboxylic acids is 1. The number of thiophene rings is 1. The maximum Gasteiger partial charge on any atom is 0.246 e. The van der Waals surface area contributed by atoms with Gasteiger partial charge in [0.2, 0.25) is 5.91 Å². The van der Waals surface area contributed by atoms with E-state index in [-0.39, 0.29) is 5.91 Å². The van der Waals surface area contributed by atoms with E-state index in [0.29, 0.717) is 11.5 Å². The molecule has 0 saturated carbocycles. The highest BCUT2D eigenvalue weighted by Crippen LogP contribution is 2.42. The molecule has 0 radical (unpaired) electrons. The number of methoxy groups -OCH3 is 1. The SMILES string of the molecule is COCC1CC2(CCN(C(=O)/C=C/c3cccs3)CC2)CN1C. The van der Waals surface area contributed by atoms with Crippen LogP contribution >= 0.6 is 11.3 Å². The second kappa shape index (κ2) is 7.16. The second-order valence-electron chi connectivity index (χ2n) is 6.90. The van der Waals surface area contributed by atoms with Gasteiger partial charge in [-0.1, -0.05) is 6.07 Å². The van der Waals surface area contributed by atoms with Crippen molar-refractivity contribution in [1.29, 1.82) is 0 Å². The summed E-state index contributed by atoms with van der Waals surface area (Å²) in [6.07, 6.45) is 7.06. The van der Waals surface area contributed by atoms with Crippen LogP contribution < -0.4 is 0 Å². The van der Waals surface area contributed by atoms with Crippen LogP contribution in [0.5, 0.6) is 0 Å². The quantitative estimate of drug-likeness (QED) is 0.794. The standard InChI is InChI=1S/C18H26N2O2S/c1-19-14-18(12-15(19)13-22-2)7-9-20(10-8-18)17(21)6-5-16-4-3-11-23-16/h3-6,11,15H,7-10,12-14H2,1-2H3/b6-5+. The van der Waals surface area contributed by atoms with Crippen LogP contribution in [-0.4, -0.2) is 62.1 Å². The molecule has 126 valence electrons. The molecule has 1 amide bonds. The maximum absolute atomic E-state index is 12.3. The van der Waals surface area contributed by atoms with E-state index in [0.717, 1.165) is 44.0 Å². The third-order valence-electron chi connectivity index (χ3n) is 5.30. The molecule has 5 heteroatoms. The summed E-state index contributed by atoms with van der Waals surface area (Å²) in [4.78, 5) is 17.9. The number of hydrogen-bond donors (Lipinski definition) is 0. The molecule has 2 aliphatic heterocycles. The van der Waals surface area contributed by atoms with E-state index in [9.17, 15) is 4.79 Å². The van der Waals surface area contributed by atoms with Crippen molar-refractivity contribution in [2.24, 2.45) is 5.41 Å². The van der Waals surface area contributed by atoms with Crippen LogP contribution in [-0.2, 0) is 9.53 Å². The molecule has 23 heavy (non-hydrogen) atoms. The summed E-state index contributed by atoms with van der Waals surface area (Å²) < 4.78 is 5.34. The zero-order valence-electron chi connectivity index (χ0n) is 14.0. The fourth-order valence-electron chi connectivity index (χ4n) is 3.97. The predicted molar refractivity (Wildman–Crippen MR) is 94.5 cm³/mol. The van der Waals surface area contributed by atoms with Gasteiger partial charge in [0.05, 0.1) is 6.61 Å². The average molecular weight is 334 g/mol. The zero-order valence-corrected chi connectivity index (χ0v) is 14.8. The second-order valence-corrected chi connectivity index (χ2v) is 7.88. The normalized spacial score (nSPS) is 24.8. The fourth-order valence-corrected chi connectivity index (χ4v) is 4.58. The van der Waals surface area contributed by atoms with E-state index in [1.165, 1.54) is 6.42 Å². The van der Waals surface area contributed by atoms with Crippen LogP contribution in [0.2, 0.25) is 0 Å². The van der Waals surface area contributed by atoms with Crippen LogP contribution in [0.4, 0.5) is 0 Å². The van der Waals surface area contributed by atoms with Gasteiger partial charge in [-0.2, -0.15) is 0 Å². The monoisotopic (exact) mass is 334 g/mol. The van der Waals surface area contributed by atoms with Gasteiger partial charge in [0.25, 0.3) is 0 Å². The van der Waals surface area contributed by atoms with Gasteiger partial charge in [-0.25, -0.2) is 0 Å². The molecule has 2 saturated heterocycles. The number of likely N-dealkylation sites (tertiary alicyclic amines) is 2. The lowest BCUT2D eigenvalue weighted by Gasteiger charge is -2.39. The number of ether oxygens (including phenoxy) is 1. The molecule has 1 spiro atoms. The molecule has 1 aromatic heterocycles. The summed E-state index contributed by atoms with van der Waals surface area (Å²) in [5.74, 6) is 0.146. The molecule has 0 bridgehead atoms. The molecular formula is C18H26N2O2S. The molecule has 3 heterocycles. The molecular weight excluding hydrogens is 308 g/mol. The molecule has 3 rings (SSSR count). The zero-order chi connectivity index (χ0) is 16.3. The van der Waals surface area contributed by atoms with Crippen molar-refractivity contribution in [3.63, 3.8) is 0 Å². The van der Waals surface area contributed by atoms with E-state index in [2.05, 4.69) is 11.9 Å². The van der Waals surface area contributed by atoms with Crippen molar-refractivity contribution in [2.75, 3.05) is 40.4 Å². The summed E-state index contributed by atoms with van der Waals surface area (Å²) in [7, 11) is 3.97. The smallest absolute Gasteiger partial charge is 0.246 e. The topological polar surface area (TPSA) is 32.8 Å². The minimum absolute atomic E-state index is 0.146. The lowest BCUT2D eigenvalue weighted by Crippen LogP contribution is -2.43. The molecule has 2 aliphatic rings. The lowest BCUT2D eigenvalue weighted by molar-refractivity contribution is -0.128. The summed E-state index contributed by atoms with van der Waals surface area (Å²) >= 11 is 1.66. The molecule has 0 aromatic carbocycles. The lowest BCUT2D eigenvalue weighted by atomic mass is 9.76. The Labute approximate surface area is 142 Å². The first-order valence-corrected chi connectivity index (χ1v) is 9.19. The molecule has 2 fully saturated rings. The van der Waals surface area contributed by atoms with Gasteiger partial charge in [0, 0.05) is 43.7 Å². The van der Waals surface area contributed by atoms with E-state index < -0.39 is 0 Å². The molecule has 1 unspecified atom stereocenters. The Balaban J connectivity index is 1.53.